The van der Waals surface area contributed by atoms with E-state index in [4.69, 9.17) is 5.73 Å². The summed E-state index contributed by atoms with van der Waals surface area (Å²) in [6, 6.07) is 13.0. The third-order valence-electron chi connectivity index (χ3n) is 2.94. The van der Waals surface area contributed by atoms with Gasteiger partial charge in [-0.15, -0.1) is 5.10 Å². The lowest BCUT2D eigenvalue weighted by atomic mass is 10.1. The van der Waals surface area contributed by atoms with Crippen LogP contribution in [-0.2, 0) is 0 Å². The van der Waals surface area contributed by atoms with Crippen molar-refractivity contribution in [3.05, 3.63) is 66.6 Å². The highest BCUT2D eigenvalue weighted by Gasteiger charge is 2.14. The Bertz CT molecular complexity index is 735. The van der Waals surface area contributed by atoms with Crippen LogP contribution in [0.2, 0.25) is 0 Å². The first kappa shape index (κ1) is 12.1. The lowest BCUT2D eigenvalue weighted by Gasteiger charge is -1.98. The van der Waals surface area contributed by atoms with Crippen LogP contribution in [0.3, 0.4) is 0 Å². The molecule has 0 fully saturated rings. The van der Waals surface area contributed by atoms with E-state index < -0.39 is 0 Å². The molecule has 0 bridgehead atoms. The molecule has 5 nitrogen and oxygen atoms in total. The molecule has 3 aromatic rings. The SMILES string of the molecule is Nc1nn(C(=O)c2cccnc2)cc1-c1ccccc1. The molecule has 0 saturated heterocycles. The van der Waals surface area contributed by atoms with Crippen LogP contribution in [0.5, 0.6) is 0 Å². The maximum atomic E-state index is 12.2. The summed E-state index contributed by atoms with van der Waals surface area (Å²) in [6.07, 6.45) is 4.76. The quantitative estimate of drug-likeness (QED) is 0.770. The van der Waals surface area contributed by atoms with Crippen molar-refractivity contribution < 1.29 is 4.79 Å². The predicted octanol–water partition coefficient (Wildman–Crippen LogP) is 2.22. The molecular formula is C15H12N4O. The molecule has 0 saturated carbocycles. The Labute approximate surface area is 115 Å². The van der Waals surface area contributed by atoms with Crippen molar-refractivity contribution in [3.8, 4) is 11.1 Å². The molecule has 3 rings (SSSR count). The van der Waals surface area contributed by atoms with E-state index in [0.29, 0.717) is 11.4 Å². The number of nitrogen functional groups attached to an aromatic ring is 1. The van der Waals surface area contributed by atoms with Crippen molar-refractivity contribution >= 4 is 11.7 Å². The topological polar surface area (TPSA) is 73.8 Å². The number of hydrogen-bond acceptors (Lipinski definition) is 4. The van der Waals surface area contributed by atoms with Gasteiger partial charge in [-0.1, -0.05) is 30.3 Å². The van der Waals surface area contributed by atoms with Gasteiger partial charge in [0.2, 0.25) is 0 Å². The Hall–Kier alpha value is -2.95. The van der Waals surface area contributed by atoms with Crippen molar-refractivity contribution in [2.45, 2.75) is 0 Å². The largest absolute Gasteiger partial charge is 0.382 e. The average molecular weight is 264 g/mol. The number of hydrogen-bond donors (Lipinski definition) is 1. The highest BCUT2D eigenvalue weighted by molar-refractivity contribution is 5.96. The van der Waals surface area contributed by atoms with Crippen molar-refractivity contribution in [2.24, 2.45) is 0 Å². The first-order chi connectivity index (χ1) is 9.75. The number of pyridine rings is 1. The summed E-state index contributed by atoms with van der Waals surface area (Å²) in [6.45, 7) is 0. The molecule has 0 amide bonds. The normalized spacial score (nSPS) is 10.4. The van der Waals surface area contributed by atoms with E-state index in [1.165, 1.54) is 10.9 Å². The molecule has 1 aromatic carbocycles. The van der Waals surface area contributed by atoms with Crippen LogP contribution in [0.15, 0.2) is 61.1 Å². The van der Waals surface area contributed by atoms with Crippen molar-refractivity contribution in [2.75, 3.05) is 5.73 Å². The van der Waals surface area contributed by atoms with Gasteiger partial charge in [-0.05, 0) is 17.7 Å². The fourth-order valence-corrected chi connectivity index (χ4v) is 1.95. The Morgan fingerprint density at radius 1 is 1.10 bits per heavy atom. The number of nitrogens with two attached hydrogens (primary N) is 1. The van der Waals surface area contributed by atoms with E-state index in [9.17, 15) is 4.79 Å². The first-order valence-corrected chi connectivity index (χ1v) is 6.11. The van der Waals surface area contributed by atoms with E-state index in [2.05, 4.69) is 10.1 Å². The van der Waals surface area contributed by atoms with Crippen molar-refractivity contribution in [1.82, 2.24) is 14.8 Å². The van der Waals surface area contributed by atoms with Gasteiger partial charge in [0.05, 0.1) is 5.56 Å². The molecule has 2 aromatic heterocycles. The van der Waals surface area contributed by atoms with E-state index in [1.54, 1.807) is 24.5 Å². The summed E-state index contributed by atoms with van der Waals surface area (Å²) in [7, 11) is 0. The van der Waals surface area contributed by atoms with Gasteiger partial charge in [0.1, 0.15) is 0 Å². The van der Waals surface area contributed by atoms with E-state index in [-0.39, 0.29) is 5.91 Å². The van der Waals surface area contributed by atoms with Crippen LogP contribution >= 0.6 is 0 Å². The summed E-state index contributed by atoms with van der Waals surface area (Å²) in [5.74, 6) is 0.0698. The van der Waals surface area contributed by atoms with E-state index >= 15 is 0 Å². The highest BCUT2D eigenvalue weighted by atomic mass is 16.2. The Morgan fingerprint density at radius 2 is 1.90 bits per heavy atom. The molecule has 0 unspecified atom stereocenters. The smallest absolute Gasteiger partial charge is 0.279 e. The summed E-state index contributed by atoms with van der Waals surface area (Å²) < 4.78 is 1.24. The lowest BCUT2D eigenvalue weighted by Crippen LogP contribution is -2.12. The maximum Gasteiger partial charge on any atom is 0.279 e. The highest BCUT2D eigenvalue weighted by Crippen LogP contribution is 2.24. The maximum absolute atomic E-state index is 12.2. The van der Waals surface area contributed by atoms with Gasteiger partial charge in [0.15, 0.2) is 5.82 Å². The van der Waals surface area contributed by atoms with Gasteiger partial charge < -0.3 is 5.73 Å². The van der Waals surface area contributed by atoms with Gasteiger partial charge in [-0.25, -0.2) is 4.68 Å². The monoisotopic (exact) mass is 264 g/mol. The van der Waals surface area contributed by atoms with E-state index in [0.717, 1.165) is 11.1 Å². The molecule has 5 heteroatoms. The molecule has 0 aliphatic heterocycles. The minimum atomic E-state index is -0.257. The molecular weight excluding hydrogens is 252 g/mol. The zero-order chi connectivity index (χ0) is 13.9. The standard InChI is InChI=1S/C15H12N4O/c16-14-13(11-5-2-1-3-6-11)10-19(18-14)15(20)12-7-4-8-17-9-12/h1-10H,(H2,16,18). The average Bonchev–Trinajstić information content (AvgIpc) is 2.90. The van der Waals surface area contributed by atoms with Crippen LogP contribution < -0.4 is 5.73 Å². The first-order valence-electron chi connectivity index (χ1n) is 6.11. The van der Waals surface area contributed by atoms with Crippen LogP contribution in [0.25, 0.3) is 11.1 Å². The molecule has 0 atom stereocenters. The number of anilines is 1. The van der Waals surface area contributed by atoms with Crippen molar-refractivity contribution in [3.63, 3.8) is 0 Å². The molecule has 2 heterocycles. The number of nitrogens with zero attached hydrogens (tertiary/aromatic N) is 3. The van der Waals surface area contributed by atoms with Gasteiger partial charge in [-0.3, -0.25) is 9.78 Å². The van der Waals surface area contributed by atoms with Crippen LogP contribution in [0.4, 0.5) is 5.82 Å². The molecule has 0 radical (unpaired) electrons. The van der Waals surface area contributed by atoms with Gasteiger partial charge in [-0.2, -0.15) is 0 Å². The third-order valence-corrected chi connectivity index (χ3v) is 2.94. The number of aromatic nitrogens is 3. The summed E-state index contributed by atoms with van der Waals surface area (Å²) in [5, 5.41) is 4.08. The molecule has 0 spiro atoms. The fraction of sp³-hybridized carbons (Fsp3) is 0. The third kappa shape index (κ3) is 2.16. The summed E-state index contributed by atoms with van der Waals surface area (Å²) in [5.41, 5.74) is 8.02. The summed E-state index contributed by atoms with van der Waals surface area (Å²) in [4.78, 5) is 16.2. The molecule has 0 aliphatic rings. The van der Waals surface area contributed by atoms with Crippen LogP contribution in [0.1, 0.15) is 10.4 Å². The second-order valence-electron chi connectivity index (χ2n) is 4.29. The Morgan fingerprint density at radius 3 is 2.60 bits per heavy atom. The number of carbonyl (C=O) groups is 1. The Kier molecular flexibility index (Phi) is 3.01. The summed E-state index contributed by atoms with van der Waals surface area (Å²) >= 11 is 0. The second kappa shape index (κ2) is 4.97. The predicted molar refractivity (Wildman–Crippen MR) is 76.0 cm³/mol. The Balaban J connectivity index is 2.00. The van der Waals surface area contributed by atoms with Crippen LogP contribution in [-0.4, -0.2) is 20.7 Å². The second-order valence-corrected chi connectivity index (χ2v) is 4.29. The minimum absolute atomic E-state index is 0.257. The number of rotatable bonds is 2. The molecule has 0 aliphatic carbocycles. The molecule has 98 valence electrons. The molecule has 2 N–H and O–H groups in total. The van der Waals surface area contributed by atoms with Gasteiger partial charge in [0.25, 0.3) is 5.91 Å². The van der Waals surface area contributed by atoms with Crippen LogP contribution in [0, 0.1) is 0 Å². The lowest BCUT2D eigenvalue weighted by molar-refractivity contribution is 0.0945. The number of carbonyl (C=O) groups excluding carboxylic acids is 1. The van der Waals surface area contributed by atoms with Gasteiger partial charge >= 0.3 is 0 Å². The molecule has 20 heavy (non-hydrogen) atoms. The fourth-order valence-electron chi connectivity index (χ4n) is 1.95. The van der Waals surface area contributed by atoms with Crippen molar-refractivity contribution in [1.29, 1.82) is 0 Å². The van der Waals surface area contributed by atoms with Gasteiger partial charge in [0, 0.05) is 24.2 Å². The number of benzene rings is 1. The minimum Gasteiger partial charge on any atom is -0.382 e. The zero-order valence-electron chi connectivity index (χ0n) is 10.6. The zero-order valence-corrected chi connectivity index (χ0v) is 10.6. The van der Waals surface area contributed by atoms with E-state index in [1.807, 2.05) is 30.3 Å².